The Hall–Kier alpha value is -3.45. The average Bonchev–Trinajstić information content (AvgIpc) is 2.83. The van der Waals surface area contributed by atoms with Crippen molar-refractivity contribution in [3.63, 3.8) is 0 Å². The molecule has 7 nitrogen and oxygen atoms in total. The number of benzene rings is 2. The maximum atomic E-state index is 13.5. The number of piperidine rings is 1. The largest absolute Gasteiger partial charge is 0.384 e. The summed E-state index contributed by atoms with van der Waals surface area (Å²) in [4.78, 5) is 28.5. The van der Waals surface area contributed by atoms with Crippen LogP contribution >= 0.6 is 0 Å². The van der Waals surface area contributed by atoms with Gasteiger partial charge in [0, 0.05) is 36.2 Å². The van der Waals surface area contributed by atoms with Gasteiger partial charge in [0.1, 0.15) is 5.84 Å². The van der Waals surface area contributed by atoms with Crippen LogP contribution in [-0.4, -0.2) is 40.0 Å². The zero-order valence-electron chi connectivity index (χ0n) is 19.9. The molecule has 0 unspecified atom stereocenters. The van der Waals surface area contributed by atoms with E-state index in [1.54, 1.807) is 22.8 Å². The minimum Gasteiger partial charge on any atom is -0.384 e. The second-order valence-corrected chi connectivity index (χ2v) is 9.22. The van der Waals surface area contributed by atoms with Crippen LogP contribution in [0, 0.1) is 5.41 Å². The fourth-order valence-electron chi connectivity index (χ4n) is 4.88. The first-order chi connectivity index (χ1) is 16.3. The van der Waals surface area contributed by atoms with Crippen molar-refractivity contribution in [2.75, 3.05) is 6.67 Å². The number of amidine groups is 1. The number of fused-ring (bicyclic) bond motifs is 1. The van der Waals surface area contributed by atoms with Crippen molar-refractivity contribution < 1.29 is 4.79 Å². The lowest BCUT2D eigenvalue weighted by Crippen LogP contribution is -2.49. The van der Waals surface area contributed by atoms with Gasteiger partial charge >= 0.3 is 0 Å². The molecule has 178 valence electrons. The molecule has 3 aromatic rings. The van der Waals surface area contributed by atoms with Gasteiger partial charge in [-0.05, 0) is 55.8 Å². The Labute approximate surface area is 200 Å². The molecule has 0 saturated carbocycles. The topological polar surface area (TPSA) is 104 Å². The van der Waals surface area contributed by atoms with Gasteiger partial charge in [0.2, 0.25) is 5.91 Å². The molecule has 7 heteroatoms. The Morgan fingerprint density at radius 3 is 2.56 bits per heavy atom. The van der Waals surface area contributed by atoms with E-state index in [4.69, 9.17) is 11.1 Å². The highest BCUT2D eigenvalue weighted by Crippen LogP contribution is 2.23. The molecule has 0 bridgehead atoms. The molecule has 4 rings (SSSR count). The van der Waals surface area contributed by atoms with Gasteiger partial charge in [-0.1, -0.05) is 42.8 Å². The maximum Gasteiger partial charge on any atom is 0.258 e. The number of nitrogens with zero attached hydrogens (tertiary/aromatic N) is 2. The third-order valence-electron chi connectivity index (χ3n) is 6.88. The molecule has 1 saturated heterocycles. The normalized spacial score (nSPS) is 18.6. The van der Waals surface area contributed by atoms with E-state index in [1.807, 2.05) is 36.4 Å². The molecule has 1 fully saturated rings. The predicted molar refractivity (Wildman–Crippen MR) is 137 cm³/mol. The van der Waals surface area contributed by atoms with Gasteiger partial charge < -0.3 is 15.6 Å². The van der Waals surface area contributed by atoms with E-state index in [1.165, 1.54) is 6.42 Å². The second-order valence-electron chi connectivity index (χ2n) is 9.22. The zero-order valence-corrected chi connectivity index (χ0v) is 19.9. The van der Waals surface area contributed by atoms with Crippen molar-refractivity contribution >= 4 is 22.6 Å². The van der Waals surface area contributed by atoms with Crippen LogP contribution in [-0.2, 0) is 11.3 Å². The van der Waals surface area contributed by atoms with Gasteiger partial charge in [0.05, 0.1) is 12.2 Å². The number of carbonyl (C=O) groups excluding carboxylic acids is 1. The summed E-state index contributed by atoms with van der Waals surface area (Å²) in [5.74, 6) is -0.109. The van der Waals surface area contributed by atoms with Gasteiger partial charge in [-0.2, -0.15) is 0 Å². The fourth-order valence-corrected chi connectivity index (χ4v) is 4.88. The number of carbonyl (C=O) groups is 1. The van der Waals surface area contributed by atoms with Gasteiger partial charge in [-0.25, -0.2) is 0 Å². The summed E-state index contributed by atoms with van der Waals surface area (Å²) in [5, 5.41) is 11.7. The van der Waals surface area contributed by atoms with E-state index in [0.29, 0.717) is 35.4 Å². The van der Waals surface area contributed by atoms with Crippen molar-refractivity contribution in [3.05, 3.63) is 70.5 Å². The van der Waals surface area contributed by atoms with Gasteiger partial charge in [0.25, 0.3) is 5.56 Å². The minimum absolute atomic E-state index is 0.0445. The highest BCUT2D eigenvalue weighted by molar-refractivity contribution is 5.96. The van der Waals surface area contributed by atoms with Crippen LogP contribution in [0.2, 0.25) is 0 Å². The summed E-state index contributed by atoms with van der Waals surface area (Å²) in [6.45, 7) is 5.24. The molecule has 1 aromatic heterocycles. The molecule has 4 N–H and O–H groups in total. The van der Waals surface area contributed by atoms with E-state index in [9.17, 15) is 9.59 Å². The number of likely N-dealkylation sites (tertiary alicyclic amines) is 1. The number of pyridine rings is 1. The standard InChI is InChI=1S/C27H33N5O2/c1-18-7-5-8-19(2)32(18)17-30-25(33)13-14-31-24-12-4-3-9-21(24)16-23(27(31)34)20-10-6-11-22(15-20)26(28)29/h3-4,6,9-12,15-16,18-19H,5,7-8,13-14,17H2,1-2H3,(H3,28,29)(H,30,33)/t18-,19+. The number of hydrogen-bond acceptors (Lipinski definition) is 4. The number of nitrogens with two attached hydrogens (primary N) is 1. The average molecular weight is 460 g/mol. The van der Waals surface area contributed by atoms with Crippen LogP contribution in [0.3, 0.4) is 0 Å². The Kier molecular flexibility index (Phi) is 7.12. The molecule has 2 heterocycles. The lowest BCUT2D eigenvalue weighted by molar-refractivity contribution is -0.122. The summed E-state index contributed by atoms with van der Waals surface area (Å²) in [5.41, 5.74) is 8.08. The number of amides is 1. The van der Waals surface area contributed by atoms with Gasteiger partial charge in [0.15, 0.2) is 0 Å². The van der Waals surface area contributed by atoms with Crippen LogP contribution in [0.1, 0.15) is 45.1 Å². The molecule has 2 atom stereocenters. The lowest BCUT2D eigenvalue weighted by Gasteiger charge is -2.38. The van der Waals surface area contributed by atoms with E-state index < -0.39 is 0 Å². The molecule has 1 aliphatic heterocycles. The number of aryl methyl sites for hydroxylation is 1. The number of nitrogen functional groups attached to an aromatic ring is 1. The quantitative estimate of drug-likeness (QED) is 0.370. The molecule has 0 radical (unpaired) electrons. The Bertz CT molecular complexity index is 1260. The zero-order chi connectivity index (χ0) is 24.2. The van der Waals surface area contributed by atoms with Crippen LogP contribution in [0.25, 0.3) is 22.0 Å². The fraction of sp³-hybridized carbons (Fsp3) is 0.370. The van der Waals surface area contributed by atoms with Crippen molar-refractivity contribution in [2.24, 2.45) is 5.73 Å². The third-order valence-corrected chi connectivity index (χ3v) is 6.88. The van der Waals surface area contributed by atoms with Crippen LogP contribution in [0.5, 0.6) is 0 Å². The summed E-state index contributed by atoms with van der Waals surface area (Å²) in [6.07, 6.45) is 3.75. The monoisotopic (exact) mass is 459 g/mol. The summed E-state index contributed by atoms with van der Waals surface area (Å²) in [7, 11) is 0. The van der Waals surface area contributed by atoms with E-state index >= 15 is 0 Å². The van der Waals surface area contributed by atoms with Gasteiger partial charge in [-0.3, -0.25) is 19.9 Å². The van der Waals surface area contributed by atoms with Crippen molar-refractivity contribution in [3.8, 4) is 11.1 Å². The predicted octanol–water partition coefficient (Wildman–Crippen LogP) is 3.68. The highest BCUT2D eigenvalue weighted by Gasteiger charge is 2.24. The molecule has 34 heavy (non-hydrogen) atoms. The molecule has 1 aliphatic rings. The smallest absolute Gasteiger partial charge is 0.258 e. The molecule has 0 spiro atoms. The maximum absolute atomic E-state index is 13.5. The summed E-state index contributed by atoms with van der Waals surface area (Å²) >= 11 is 0. The van der Waals surface area contributed by atoms with E-state index in [-0.39, 0.29) is 30.3 Å². The first kappa shape index (κ1) is 23.7. The first-order valence-corrected chi connectivity index (χ1v) is 11.9. The Morgan fingerprint density at radius 2 is 1.82 bits per heavy atom. The Balaban J connectivity index is 1.57. The van der Waals surface area contributed by atoms with E-state index in [0.717, 1.165) is 23.7 Å². The van der Waals surface area contributed by atoms with Crippen LogP contribution < -0.4 is 16.6 Å². The third kappa shape index (κ3) is 5.04. The summed E-state index contributed by atoms with van der Waals surface area (Å²) < 4.78 is 1.68. The lowest BCUT2D eigenvalue weighted by atomic mass is 9.98. The van der Waals surface area contributed by atoms with Gasteiger partial charge in [-0.15, -0.1) is 0 Å². The number of rotatable bonds is 7. The summed E-state index contributed by atoms with van der Waals surface area (Å²) in [6, 6.07) is 17.6. The molecular formula is C27H33N5O2. The highest BCUT2D eigenvalue weighted by atomic mass is 16.2. The van der Waals surface area contributed by atoms with Crippen LogP contribution in [0.4, 0.5) is 0 Å². The Morgan fingerprint density at radius 1 is 1.09 bits per heavy atom. The van der Waals surface area contributed by atoms with Crippen molar-refractivity contribution in [2.45, 2.75) is 58.2 Å². The molecule has 1 amide bonds. The minimum atomic E-state index is -0.162. The van der Waals surface area contributed by atoms with Crippen molar-refractivity contribution in [1.82, 2.24) is 14.8 Å². The van der Waals surface area contributed by atoms with Crippen molar-refractivity contribution in [1.29, 1.82) is 5.41 Å². The number of nitrogens with one attached hydrogen (secondary N) is 2. The molecule has 2 aromatic carbocycles. The SMILES string of the molecule is C[C@@H]1CCC[C@H](C)N1CNC(=O)CCn1c(=O)c(-c2cccc(C(=N)N)c2)cc2ccccc21. The van der Waals surface area contributed by atoms with E-state index in [2.05, 4.69) is 24.1 Å². The first-order valence-electron chi connectivity index (χ1n) is 11.9. The second kappa shape index (κ2) is 10.2. The number of hydrogen-bond donors (Lipinski definition) is 3. The van der Waals surface area contributed by atoms with Crippen LogP contribution in [0.15, 0.2) is 59.4 Å². The number of para-hydroxylation sites is 1. The molecular weight excluding hydrogens is 426 g/mol. The molecule has 0 aliphatic carbocycles. The number of aromatic nitrogens is 1.